The summed E-state index contributed by atoms with van der Waals surface area (Å²) in [7, 11) is 0. The Morgan fingerprint density at radius 2 is 2.00 bits per heavy atom. The molecule has 0 atom stereocenters. The maximum absolute atomic E-state index is 3.57. The van der Waals surface area contributed by atoms with Gasteiger partial charge in [-0.15, -0.1) is 0 Å². The maximum Gasteiger partial charge on any atom is 0.00955 e. The molecule has 0 spiro atoms. The highest BCUT2D eigenvalue weighted by atomic mass is 79.9. The van der Waals surface area contributed by atoms with Gasteiger partial charge in [-0.1, -0.05) is 40.1 Å². The summed E-state index contributed by atoms with van der Waals surface area (Å²) in [4.78, 5) is 2.70. The largest absolute Gasteiger partial charge is 0.300 e. The lowest BCUT2D eigenvalue weighted by atomic mass is 9.89. The van der Waals surface area contributed by atoms with Crippen molar-refractivity contribution in [2.75, 3.05) is 13.1 Å². The van der Waals surface area contributed by atoms with Crippen molar-refractivity contribution in [3.05, 3.63) is 40.3 Å². The Kier molecular flexibility index (Phi) is 4.05. The second-order valence-corrected chi connectivity index (χ2v) is 6.51. The van der Waals surface area contributed by atoms with Crippen LogP contribution in [-0.4, -0.2) is 24.0 Å². The van der Waals surface area contributed by atoms with Gasteiger partial charge in [-0.2, -0.15) is 0 Å². The molecule has 0 aromatic rings. The molecule has 1 aliphatic heterocycles. The molecule has 18 heavy (non-hydrogen) atoms. The summed E-state index contributed by atoms with van der Waals surface area (Å²) in [6, 6.07) is 0.920. The molecule has 1 heterocycles. The van der Waals surface area contributed by atoms with Gasteiger partial charge in [-0.25, -0.2) is 0 Å². The Balaban J connectivity index is 1.57. The number of piperidine rings is 1. The highest BCUT2D eigenvalue weighted by Crippen LogP contribution is 2.30. The average molecular weight is 307 g/mol. The van der Waals surface area contributed by atoms with Crippen LogP contribution in [0.25, 0.3) is 0 Å². The third-order valence-electron chi connectivity index (χ3n) is 4.37. The van der Waals surface area contributed by atoms with Crippen LogP contribution in [0.2, 0.25) is 0 Å². The number of halogens is 1. The van der Waals surface area contributed by atoms with Crippen molar-refractivity contribution in [2.24, 2.45) is 0 Å². The zero-order valence-corrected chi connectivity index (χ0v) is 12.5. The van der Waals surface area contributed by atoms with E-state index in [2.05, 4.69) is 45.5 Å². The van der Waals surface area contributed by atoms with Gasteiger partial charge in [0.1, 0.15) is 0 Å². The van der Waals surface area contributed by atoms with Gasteiger partial charge in [0.25, 0.3) is 0 Å². The topological polar surface area (TPSA) is 3.24 Å². The first-order chi connectivity index (χ1) is 8.81. The monoisotopic (exact) mass is 306 g/mol. The lowest BCUT2D eigenvalue weighted by molar-refractivity contribution is 0.118. The van der Waals surface area contributed by atoms with E-state index in [-0.39, 0.29) is 0 Å². The molecule has 97 valence electrons. The first-order valence-corrected chi connectivity index (χ1v) is 7.94. The molecule has 2 fully saturated rings. The maximum atomic E-state index is 3.57. The summed E-state index contributed by atoms with van der Waals surface area (Å²) in [5.41, 5.74) is 3.02. The van der Waals surface area contributed by atoms with Crippen molar-refractivity contribution in [1.82, 2.24) is 4.90 Å². The molecule has 1 nitrogen and oxygen atoms in total. The molecule has 0 aromatic carbocycles. The molecule has 2 heteroatoms. The molecule has 3 rings (SSSR count). The first-order valence-electron chi connectivity index (χ1n) is 7.15. The predicted molar refractivity (Wildman–Crippen MR) is 80.5 cm³/mol. The quantitative estimate of drug-likeness (QED) is 0.732. The second kappa shape index (κ2) is 5.75. The van der Waals surface area contributed by atoms with Crippen LogP contribution in [0, 0.1) is 6.42 Å². The van der Waals surface area contributed by atoms with Crippen molar-refractivity contribution in [3.8, 4) is 0 Å². The van der Waals surface area contributed by atoms with Crippen LogP contribution in [0.5, 0.6) is 0 Å². The molecule has 3 aliphatic rings. The molecule has 2 aliphatic carbocycles. The van der Waals surface area contributed by atoms with Gasteiger partial charge < -0.3 is 0 Å². The summed E-state index contributed by atoms with van der Waals surface area (Å²) in [6.45, 7) is 2.56. The Morgan fingerprint density at radius 3 is 2.61 bits per heavy atom. The van der Waals surface area contributed by atoms with Crippen LogP contribution < -0.4 is 0 Å². The zero-order valence-electron chi connectivity index (χ0n) is 10.9. The van der Waals surface area contributed by atoms with E-state index in [4.69, 9.17) is 0 Å². The average Bonchev–Trinajstić information content (AvgIpc) is 2.29. The van der Waals surface area contributed by atoms with Crippen molar-refractivity contribution < 1.29 is 0 Å². The van der Waals surface area contributed by atoms with Gasteiger partial charge in [0.15, 0.2) is 0 Å². The Hall–Kier alpha value is -0.340. The van der Waals surface area contributed by atoms with Crippen LogP contribution in [0.1, 0.15) is 38.5 Å². The minimum atomic E-state index is 0.920. The molecular weight excluding hydrogens is 286 g/mol. The smallest absolute Gasteiger partial charge is 0.00955 e. The SMILES string of the molecule is BrC1=CC(C=C2CCN(C3CCC3)CC2)=CC[CH]1. The third kappa shape index (κ3) is 2.97. The minimum Gasteiger partial charge on any atom is -0.300 e. The van der Waals surface area contributed by atoms with Crippen LogP contribution in [0.4, 0.5) is 0 Å². The highest BCUT2D eigenvalue weighted by Gasteiger charge is 2.26. The van der Waals surface area contributed by atoms with E-state index in [0.717, 1.165) is 12.5 Å². The zero-order chi connectivity index (χ0) is 12.4. The van der Waals surface area contributed by atoms with E-state index < -0.39 is 0 Å². The van der Waals surface area contributed by atoms with Crippen molar-refractivity contribution in [1.29, 1.82) is 0 Å². The van der Waals surface area contributed by atoms with Crippen LogP contribution in [0.3, 0.4) is 0 Å². The highest BCUT2D eigenvalue weighted by molar-refractivity contribution is 9.11. The first kappa shape index (κ1) is 12.7. The van der Waals surface area contributed by atoms with Crippen molar-refractivity contribution in [3.63, 3.8) is 0 Å². The van der Waals surface area contributed by atoms with Gasteiger partial charge in [0.2, 0.25) is 0 Å². The molecule has 1 saturated carbocycles. The van der Waals surface area contributed by atoms with Gasteiger partial charge >= 0.3 is 0 Å². The number of rotatable bonds is 2. The number of likely N-dealkylation sites (tertiary alicyclic amines) is 1. The van der Waals surface area contributed by atoms with Crippen molar-refractivity contribution >= 4 is 15.9 Å². The second-order valence-electron chi connectivity index (χ2n) is 5.60. The fourth-order valence-electron chi connectivity index (χ4n) is 2.99. The normalized spacial score (nSPS) is 26.4. The summed E-state index contributed by atoms with van der Waals surface area (Å²) < 4.78 is 1.23. The van der Waals surface area contributed by atoms with Gasteiger partial charge in [0.05, 0.1) is 0 Å². The standard InChI is InChI=1S/C16H21BrN/c17-15-4-1-3-14(12-15)11-13-7-9-18(10-8-13)16-5-2-6-16/h3-4,11-12,16H,1-2,5-10H2. The molecule has 0 amide bonds. The predicted octanol–water partition coefficient (Wildman–Crippen LogP) is 4.37. The van der Waals surface area contributed by atoms with E-state index in [9.17, 15) is 0 Å². The van der Waals surface area contributed by atoms with E-state index in [1.165, 1.54) is 55.2 Å². The number of hydrogen-bond acceptors (Lipinski definition) is 1. The van der Waals surface area contributed by atoms with Crippen LogP contribution >= 0.6 is 15.9 Å². The number of hydrogen-bond donors (Lipinski definition) is 0. The third-order valence-corrected chi connectivity index (χ3v) is 4.93. The van der Waals surface area contributed by atoms with Gasteiger partial charge in [0, 0.05) is 25.6 Å². The molecule has 0 unspecified atom stereocenters. The lowest BCUT2D eigenvalue weighted by Crippen LogP contribution is -2.43. The lowest BCUT2D eigenvalue weighted by Gasteiger charge is -2.40. The molecule has 0 aromatic heterocycles. The van der Waals surface area contributed by atoms with E-state index >= 15 is 0 Å². The van der Waals surface area contributed by atoms with Crippen LogP contribution in [0.15, 0.2) is 33.9 Å². The van der Waals surface area contributed by atoms with Gasteiger partial charge in [-0.3, -0.25) is 4.90 Å². The fraction of sp³-hybridized carbons (Fsp3) is 0.562. The van der Waals surface area contributed by atoms with E-state index in [1.54, 1.807) is 5.57 Å². The fourth-order valence-corrected chi connectivity index (χ4v) is 3.44. The summed E-state index contributed by atoms with van der Waals surface area (Å²) >= 11 is 3.57. The van der Waals surface area contributed by atoms with E-state index in [1.807, 2.05) is 0 Å². The Morgan fingerprint density at radius 1 is 1.22 bits per heavy atom. The summed E-state index contributed by atoms with van der Waals surface area (Å²) in [6.07, 6.45) is 17.1. The minimum absolute atomic E-state index is 0.920. The number of nitrogens with zero attached hydrogens (tertiary/aromatic N) is 1. The van der Waals surface area contributed by atoms with Crippen LogP contribution in [-0.2, 0) is 0 Å². The molecule has 0 N–H and O–H groups in total. The Labute approximate surface area is 119 Å². The number of allylic oxidation sites excluding steroid dienone is 5. The summed E-state index contributed by atoms with van der Waals surface area (Å²) in [5.74, 6) is 0. The van der Waals surface area contributed by atoms with E-state index in [0.29, 0.717) is 0 Å². The van der Waals surface area contributed by atoms with Gasteiger partial charge in [-0.05, 0) is 48.2 Å². The summed E-state index contributed by atoms with van der Waals surface area (Å²) in [5, 5.41) is 0. The Bertz CT molecular complexity index is 391. The van der Waals surface area contributed by atoms with Crippen molar-refractivity contribution in [2.45, 2.75) is 44.6 Å². The molecular formula is C16H21BrN. The molecule has 0 bridgehead atoms. The molecule has 1 saturated heterocycles. The molecule has 1 radical (unpaired) electrons.